The minimum atomic E-state index is 0. The van der Waals surface area contributed by atoms with Crippen molar-refractivity contribution in [3.05, 3.63) is 34.9 Å². The minimum absolute atomic E-state index is 0. The number of rotatable bonds is 5. The van der Waals surface area contributed by atoms with E-state index in [0.29, 0.717) is 12.1 Å². The molecule has 3 rings (SSSR count). The summed E-state index contributed by atoms with van der Waals surface area (Å²) in [5.41, 5.74) is 1.16. The third-order valence-electron chi connectivity index (χ3n) is 4.09. The summed E-state index contributed by atoms with van der Waals surface area (Å²) in [5.74, 6) is 0.946. The molecule has 1 aliphatic carbocycles. The van der Waals surface area contributed by atoms with Gasteiger partial charge in [0.2, 0.25) is 0 Å². The second kappa shape index (κ2) is 9.69. The van der Waals surface area contributed by atoms with Crippen molar-refractivity contribution in [3.63, 3.8) is 0 Å². The first kappa shape index (κ1) is 18.8. The van der Waals surface area contributed by atoms with Gasteiger partial charge in [-0.25, -0.2) is 0 Å². The first-order chi connectivity index (χ1) is 10.8. The first-order valence-corrected chi connectivity index (χ1v) is 8.58. The van der Waals surface area contributed by atoms with Crippen molar-refractivity contribution in [2.45, 2.75) is 44.2 Å². The van der Waals surface area contributed by atoms with Crippen LogP contribution in [0.1, 0.15) is 31.2 Å². The van der Waals surface area contributed by atoms with Crippen LogP contribution in [0, 0.1) is 0 Å². The van der Waals surface area contributed by atoms with E-state index >= 15 is 0 Å². The van der Waals surface area contributed by atoms with Crippen LogP contribution in [0.3, 0.4) is 0 Å². The summed E-state index contributed by atoms with van der Waals surface area (Å²) in [4.78, 5) is 4.73. The molecule has 0 aromatic heterocycles. The molecule has 23 heavy (non-hydrogen) atoms. The highest BCUT2D eigenvalue weighted by Gasteiger charge is 2.24. The normalized spacial score (nSPS) is 19.1. The first-order valence-electron chi connectivity index (χ1n) is 8.20. The number of nitrogens with one attached hydrogen (secondary N) is 2. The lowest BCUT2D eigenvalue weighted by Gasteiger charge is -2.25. The fraction of sp³-hybridized carbons (Fsp3) is 0.588. The lowest BCUT2D eigenvalue weighted by atomic mass is 10.1. The highest BCUT2D eigenvalue weighted by atomic mass is 127. The number of hydrogen-bond acceptors (Lipinski definition) is 2. The van der Waals surface area contributed by atoms with E-state index in [1.165, 1.54) is 12.8 Å². The zero-order chi connectivity index (χ0) is 15.2. The monoisotopic (exact) mass is 449 g/mol. The highest BCUT2D eigenvalue weighted by molar-refractivity contribution is 14.0. The van der Waals surface area contributed by atoms with E-state index in [4.69, 9.17) is 21.3 Å². The molecule has 0 amide bonds. The van der Waals surface area contributed by atoms with Gasteiger partial charge in [-0.15, -0.1) is 24.0 Å². The molecule has 2 aliphatic rings. The molecule has 6 heteroatoms. The van der Waals surface area contributed by atoms with Crippen LogP contribution in [0.4, 0.5) is 0 Å². The Morgan fingerprint density at radius 1 is 1.09 bits per heavy atom. The van der Waals surface area contributed by atoms with Crippen LogP contribution in [0.5, 0.6) is 0 Å². The second-order valence-electron chi connectivity index (χ2n) is 6.02. The molecular formula is C17H25ClIN3O. The average molecular weight is 450 g/mol. The fourth-order valence-corrected chi connectivity index (χ4v) is 2.81. The Hall–Kier alpha value is -0.530. The molecule has 2 N–H and O–H groups in total. The van der Waals surface area contributed by atoms with Crippen LogP contribution in [0.2, 0.25) is 5.02 Å². The van der Waals surface area contributed by atoms with Gasteiger partial charge in [0.15, 0.2) is 5.96 Å². The topological polar surface area (TPSA) is 45.7 Å². The van der Waals surface area contributed by atoms with Crippen LogP contribution < -0.4 is 10.6 Å². The van der Waals surface area contributed by atoms with Crippen molar-refractivity contribution in [1.82, 2.24) is 10.6 Å². The third-order valence-corrected chi connectivity index (χ3v) is 4.46. The summed E-state index contributed by atoms with van der Waals surface area (Å²) in [6.45, 7) is 2.43. The van der Waals surface area contributed by atoms with Gasteiger partial charge >= 0.3 is 0 Å². The van der Waals surface area contributed by atoms with Crippen LogP contribution in [0.15, 0.2) is 29.3 Å². The van der Waals surface area contributed by atoms with E-state index in [1.54, 1.807) is 0 Å². The predicted molar refractivity (Wildman–Crippen MR) is 106 cm³/mol. The summed E-state index contributed by atoms with van der Waals surface area (Å²) in [7, 11) is 0. The minimum Gasteiger partial charge on any atom is -0.381 e. The van der Waals surface area contributed by atoms with Gasteiger partial charge in [-0.2, -0.15) is 0 Å². The molecule has 128 valence electrons. The van der Waals surface area contributed by atoms with Crippen LogP contribution in [0.25, 0.3) is 0 Å². The van der Waals surface area contributed by atoms with Crippen LogP contribution in [-0.2, 0) is 11.2 Å². The number of aliphatic imine (C=N–C) groups is 1. The Labute approximate surface area is 160 Å². The summed E-state index contributed by atoms with van der Waals surface area (Å²) < 4.78 is 5.41. The predicted octanol–water partition coefficient (Wildman–Crippen LogP) is 3.38. The highest BCUT2D eigenvalue weighted by Crippen LogP contribution is 2.19. The number of nitrogens with zero attached hydrogens (tertiary/aromatic N) is 1. The summed E-state index contributed by atoms with van der Waals surface area (Å²) >= 11 is 6.20. The molecule has 1 saturated carbocycles. The Balaban J connectivity index is 0.00000192. The van der Waals surface area contributed by atoms with E-state index in [2.05, 4.69) is 16.7 Å². The van der Waals surface area contributed by atoms with Crippen molar-refractivity contribution in [2.24, 2.45) is 4.99 Å². The lowest BCUT2D eigenvalue weighted by Crippen LogP contribution is -2.46. The van der Waals surface area contributed by atoms with E-state index in [-0.39, 0.29) is 24.0 Å². The van der Waals surface area contributed by atoms with E-state index in [9.17, 15) is 0 Å². The molecule has 0 radical (unpaired) electrons. The van der Waals surface area contributed by atoms with Gasteiger partial charge in [0.05, 0.1) is 0 Å². The molecule has 0 bridgehead atoms. The van der Waals surface area contributed by atoms with Crippen molar-refractivity contribution < 1.29 is 4.74 Å². The van der Waals surface area contributed by atoms with E-state index in [1.807, 2.05) is 18.2 Å². The maximum atomic E-state index is 6.20. The molecule has 0 atom stereocenters. The Kier molecular flexibility index (Phi) is 7.92. The molecule has 0 spiro atoms. The molecule has 1 heterocycles. The molecule has 1 aromatic rings. The summed E-state index contributed by atoms with van der Waals surface area (Å²) in [6.07, 6.45) is 5.47. The summed E-state index contributed by atoms with van der Waals surface area (Å²) in [6, 6.07) is 9.06. The Bertz CT molecular complexity index is 516. The Morgan fingerprint density at radius 3 is 2.39 bits per heavy atom. The summed E-state index contributed by atoms with van der Waals surface area (Å²) in [5, 5.41) is 7.88. The van der Waals surface area contributed by atoms with Crippen LogP contribution in [-0.4, -0.2) is 37.8 Å². The van der Waals surface area contributed by atoms with Crippen molar-refractivity contribution in [2.75, 3.05) is 19.8 Å². The quantitative estimate of drug-likeness (QED) is 0.412. The molecule has 0 unspecified atom stereocenters. The number of hydrogen-bond donors (Lipinski definition) is 2. The number of halogens is 2. The fourth-order valence-electron chi connectivity index (χ4n) is 2.58. The smallest absolute Gasteiger partial charge is 0.191 e. The maximum absolute atomic E-state index is 6.20. The SMILES string of the molecule is Clc1ccccc1CCN=C(NC1CCOCC1)NC1CC1.I. The Morgan fingerprint density at radius 2 is 1.74 bits per heavy atom. The maximum Gasteiger partial charge on any atom is 0.191 e. The average Bonchev–Trinajstić information content (AvgIpc) is 3.34. The standard InChI is InChI=1S/C17H24ClN3O.HI/c18-16-4-2-1-3-13(16)7-10-19-17(20-14-5-6-14)21-15-8-11-22-12-9-15;/h1-4,14-15H,5-12H2,(H2,19,20,21);1H. The molecule has 1 aliphatic heterocycles. The number of guanidine groups is 1. The van der Waals surface area contributed by atoms with Crippen molar-refractivity contribution in [1.29, 1.82) is 0 Å². The van der Waals surface area contributed by atoms with Gasteiger partial charge < -0.3 is 15.4 Å². The van der Waals surface area contributed by atoms with Gasteiger partial charge in [-0.05, 0) is 43.7 Å². The largest absolute Gasteiger partial charge is 0.381 e. The van der Waals surface area contributed by atoms with Gasteiger partial charge in [0.25, 0.3) is 0 Å². The second-order valence-corrected chi connectivity index (χ2v) is 6.43. The number of ether oxygens (including phenoxy) is 1. The number of benzene rings is 1. The molecular weight excluding hydrogens is 425 g/mol. The molecule has 1 saturated heterocycles. The van der Waals surface area contributed by atoms with E-state index < -0.39 is 0 Å². The lowest BCUT2D eigenvalue weighted by molar-refractivity contribution is 0.0822. The van der Waals surface area contributed by atoms with Gasteiger partial charge in [-0.3, -0.25) is 4.99 Å². The van der Waals surface area contributed by atoms with Gasteiger partial charge in [0.1, 0.15) is 0 Å². The van der Waals surface area contributed by atoms with Crippen LogP contribution >= 0.6 is 35.6 Å². The third kappa shape index (κ3) is 6.47. The molecule has 2 fully saturated rings. The zero-order valence-electron chi connectivity index (χ0n) is 13.3. The molecule has 4 nitrogen and oxygen atoms in total. The zero-order valence-corrected chi connectivity index (χ0v) is 16.3. The van der Waals surface area contributed by atoms with E-state index in [0.717, 1.165) is 55.6 Å². The van der Waals surface area contributed by atoms with Gasteiger partial charge in [-0.1, -0.05) is 29.8 Å². The van der Waals surface area contributed by atoms with Gasteiger partial charge in [0, 0.05) is 36.9 Å². The molecule has 1 aromatic carbocycles. The van der Waals surface area contributed by atoms with Crippen molar-refractivity contribution >= 4 is 41.5 Å². The van der Waals surface area contributed by atoms with Crippen molar-refractivity contribution in [3.8, 4) is 0 Å².